The molecule has 460 valence electrons. The highest BCUT2D eigenvalue weighted by atomic mass is 16.6. The minimum atomic E-state index is -0.805. The lowest BCUT2D eigenvalue weighted by Gasteiger charge is -2.18. The van der Waals surface area contributed by atoms with Gasteiger partial charge in [-0.2, -0.15) is 0 Å². The molecule has 0 heterocycles. The van der Waals surface area contributed by atoms with E-state index in [1.54, 1.807) is 0 Å². The van der Waals surface area contributed by atoms with Crippen molar-refractivity contribution in [1.29, 1.82) is 0 Å². The number of hydrogen-bond donors (Lipinski definition) is 0. The first-order valence-corrected chi connectivity index (χ1v) is 33.7. The molecule has 0 aromatic heterocycles. The van der Waals surface area contributed by atoms with Crippen LogP contribution in [0.2, 0.25) is 0 Å². The molecule has 6 heteroatoms. The minimum Gasteiger partial charge on any atom is -0.462 e. The Morgan fingerprint density at radius 1 is 0.259 bits per heavy atom. The van der Waals surface area contributed by atoms with Crippen LogP contribution in [0.15, 0.2) is 134 Å². The van der Waals surface area contributed by atoms with Crippen LogP contribution in [-0.4, -0.2) is 37.2 Å². The number of esters is 3. The first kappa shape index (κ1) is 76.5. The van der Waals surface area contributed by atoms with E-state index in [9.17, 15) is 14.4 Å². The van der Waals surface area contributed by atoms with Crippen molar-refractivity contribution in [1.82, 2.24) is 0 Å². The summed E-state index contributed by atoms with van der Waals surface area (Å²) >= 11 is 0. The fourth-order valence-electron chi connectivity index (χ4n) is 9.14. The van der Waals surface area contributed by atoms with Crippen molar-refractivity contribution in [2.24, 2.45) is 0 Å². The number of hydrogen-bond acceptors (Lipinski definition) is 6. The third-order valence-electron chi connectivity index (χ3n) is 14.1. The molecule has 0 saturated heterocycles. The largest absolute Gasteiger partial charge is 0.462 e. The predicted octanol–water partition coefficient (Wildman–Crippen LogP) is 23.3. The molecule has 1 unspecified atom stereocenters. The standard InChI is InChI=1S/C75H124O6/c1-4-7-10-13-16-19-22-25-28-31-33-34-35-36-37-38-39-40-42-44-47-50-53-56-59-62-65-68-74(77)80-71-72(70-79-73(76)67-64-61-58-55-52-49-46-43-30-27-24-21-18-15-12-9-6-3)81-75(78)69-66-63-60-57-54-51-48-45-41-32-29-26-23-20-17-14-11-8-5-2/h7-8,10-11,16-17,19-20,25-30,33-34,36-37,41,45,51,54,72H,4-6,9,12-15,18,21-24,31-32,35,38-40,42-44,46-50,52-53,55-71H2,1-3H3/b10-7-,11-8-,19-16-,20-17-,28-25-,29-26-,30-27-,34-33-,37-36-,45-41-,54-51-. The average Bonchev–Trinajstić information content (AvgIpc) is 3.47. The first-order chi connectivity index (χ1) is 40.0. The zero-order chi connectivity index (χ0) is 58.5. The van der Waals surface area contributed by atoms with Crippen molar-refractivity contribution >= 4 is 17.9 Å². The van der Waals surface area contributed by atoms with Crippen LogP contribution in [0.5, 0.6) is 0 Å². The van der Waals surface area contributed by atoms with Gasteiger partial charge in [-0.05, 0) is 135 Å². The molecule has 0 rings (SSSR count). The van der Waals surface area contributed by atoms with E-state index >= 15 is 0 Å². The molecule has 0 aromatic carbocycles. The summed E-state index contributed by atoms with van der Waals surface area (Å²) in [7, 11) is 0. The van der Waals surface area contributed by atoms with Gasteiger partial charge in [0, 0.05) is 19.3 Å². The van der Waals surface area contributed by atoms with Gasteiger partial charge in [-0.3, -0.25) is 14.4 Å². The Balaban J connectivity index is 4.41. The highest BCUT2D eigenvalue weighted by Crippen LogP contribution is 2.16. The molecule has 6 nitrogen and oxygen atoms in total. The van der Waals surface area contributed by atoms with Crippen molar-refractivity contribution in [3.63, 3.8) is 0 Å². The predicted molar refractivity (Wildman–Crippen MR) is 353 cm³/mol. The number of carbonyl (C=O) groups excluding carboxylic acids is 3. The van der Waals surface area contributed by atoms with E-state index in [0.717, 1.165) is 128 Å². The first-order valence-electron chi connectivity index (χ1n) is 33.7. The molecule has 0 aliphatic heterocycles. The van der Waals surface area contributed by atoms with Gasteiger partial charge in [0.2, 0.25) is 0 Å². The molecule has 0 aliphatic carbocycles. The summed E-state index contributed by atoms with van der Waals surface area (Å²) in [6.07, 6.45) is 96.0. The summed E-state index contributed by atoms with van der Waals surface area (Å²) in [5, 5.41) is 0. The van der Waals surface area contributed by atoms with E-state index in [1.807, 2.05) is 0 Å². The number of ether oxygens (including phenoxy) is 3. The highest BCUT2D eigenvalue weighted by molar-refractivity contribution is 5.71. The molecule has 81 heavy (non-hydrogen) atoms. The number of allylic oxidation sites excluding steroid dienone is 22. The second-order valence-corrected chi connectivity index (χ2v) is 22.0. The van der Waals surface area contributed by atoms with Gasteiger partial charge >= 0.3 is 17.9 Å². The maximum atomic E-state index is 12.9. The lowest BCUT2D eigenvalue weighted by Crippen LogP contribution is -2.30. The SMILES string of the molecule is CC/C=C\C/C=C\C/C=C\C/C=C\C/C=C\CCCCCCCCCCCCCC(=O)OCC(COC(=O)CCCCCCCCC/C=C\CCCCCCCC)OC(=O)CCCCC/C=C\C/C=C\C/C=C\C/C=C\C/C=C\CC. The Morgan fingerprint density at radius 2 is 0.481 bits per heavy atom. The van der Waals surface area contributed by atoms with Crippen LogP contribution >= 0.6 is 0 Å². The van der Waals surface area contributed by atoms with Gasteiger partial charge in [0.1, 0.15) is 13.2 Å². The molecule has 0 N–H and O–H groups in total. The zero-order valence-electron chi connectivity index (χ0n) is 52.8. The Kier molecular flexibility index (Phi) is 64.3. The van der Waals surface area contributed by atoms with E-state index in [-0.39, 0.29) is 37.5 Å². The van der Waals surface area contributed by atoms with Gasteiger partial charge in [0.15, 0.2) is 6.10 Å². The van der Waals surface area contributed by atoms with E-state index < -0.39 is 6.10 Å². The zero-order valence-corrected chi connectivity index (χ0v) is 52.8. The molecule has 0 radical (unpaired) electrons. The topological polar surface area (TPSA) is 78.9 Å². The van der Waals surface area contributed by atoms with Crippen LogP contribution in [0.1, 0.15) is 303 Å². The summed E-state index contributed by atoms with van der Waals surface area (Å²) in [5.41, 5.74) is 0. The Hall–Kier alpha value is -4.45. The molecular formula is C75H124O6. The fourth-order valence-corrected chi connectivity index (χ4v) is 9.14. The van der Waals surface area contributed by atoms with Crippen molar-refractivity contribution in [2.45, 2.75) is 309 Å². The molecule has 0 spiro atoms. The second-order valence-electron chi connectivity index (χ2n) is 22.0. The molecule has 0 amide bonds. The van der Waals surface area contributed by atoms with E-state index in [0.29, 0.717) is 12.8 Å². The van der Waals surface area contributed by atoms with Crippen LogP contribution in [0, 0.1) is 0 Å². The van der Waals surface area contributed by atoms with Crippen molar-refractivity contribution in [2.75, 3.05) is 13.2 Å². The summed E-state index contributed by atoms with van der Waals surface area (Å²) in [6.45, 7) is 6.40. The van der Waals surface area contributed by atoms with Gasteiger partial charge < -0.3 is 14.2 Å². The molecule has 0 fully saturated rings. The van der Waals surface area contributed by atoms with Gasteiger partial charge in [0.05, 0.1) is 0 Å². The fraction of sp³-hybridized carbons (Fsp3) is 0.667. The Labute approximate surface area is 500 Å². The van der Waals surface area contributed by atoms with Gasteiger partial charge in [-0.1, -0.05) is 283 Å². The molecular weight excluding hydrogens is 997 g/mol. The Bertz CT molecular complexity index is 1720. The van der Waals surface area contributed by atoms with Crippen molar-refractivity contribution in [3.8, 4) is 0 Å². The van der Waals surface area contributed by atoms with Crippen LogP contribution < -0.4 is 0 Å². The Morgan fingerprint density at radius 3 is 0.778 bits per heavy atom. The van der Waals surface area contributed by atoms with Crippen LogP contribution in [-0.2, 0) is 28.6 Å². The maximum absolute atomic E-state index is 12.9. The van der Waals surface area contributed by atoms with E-state index in [2.05, 4.69) is 154 Å². The smallest absolute Gasteiger partial charge is 0.306 e. The van der Waals surface area contributed by atoms with Crippen LogP contribution in [0.25, 0.3) is 0 Å². The van der Waals surface area contributed by atoms with E-state index in [4.69, 9.17) is 14.2 Å². The monoisotopic (exact) mass is 1120 g/mol. The lowest BCUT2D eigenvalue weighted by atomic mass is 10.0. The summed E-state index contributed by atoms with van der Waals surface area (Å²) < 4.78 is 16.9. The number of rotatable bonds is 60. The average molecular weight is 1120 g/mol. The van der Waals surface area contributed by atoms with Gasteiger partial charge in [0.25, 0.3) is 0 Å². The number of unbranched alkanes of at least 4 members (excludes halogenated alkanes) is 27. The quantitative estimate of drug-likeness (QED) is 0.0261. The maximum Gasteiger partial charge on any atom is 0.306 e. The van der Waals surface area contributed by atoms with Crippen LogP contribution in [0.4, 0.5) is 0 Å². The third-order valence-corrected chi connectivity index (χ3v) is 14.1. The highest BCUT2D eigenvalue weighted by Gasteiger charge is 2.19. The normalized spacial score (nSPS) is 13.0. The molecule has 0 saturated carbocycles. The van der Waals surface area contributed by atoms with Gasteiger partial charge in [-0.25, -0.2) is 0 Å². The molecule has 0 aliphatic rings. The lowest BCUT2D eigenvalue weighted by molar-refractivity contribution is -0.167. The van der Waals surface area contributed by atoms with E-state index in [1.165, 1.54) is 135 Å². The summed E-state index contributed by atoms with van der Waals surface area (Å²) in [6, 6.07) is 0. The number of carbonyl (C=O) groups is 3. The minimum absolute atomic E-state index is 0.0968. The molecule has 0 aromatic rings. The second kappa shape index (κ2) is 68.1. The van der Waals surface area contributed by atoms with Crippen molar-refractivity contribution < 1.29 is 28.6 Å². The summed E-state index contributed by atoms with van der Waals surface area (Å²) in [4.78, 5) is 38.4. The van der Waals surface area contributed by atoms with Gasteiger partial charge in [-0.15, -0.1) is 0 Å². The molecule has 1 atom stereocenters. The summed E-state index contributed by atoms with van der Waals surface area (Å²) in [5.74, 6) is -0.930. The van der Waals surface area contributed by atoms with Crippen LogP contribution in [0.3, 0.4) is 0 Å². The molecule has 0 bridgehead atoms. The van der Waals surface area contributed by atoms with Crippen molar-refractivity contribution in [3.05, 3.63) is 134 Å². The third kappa shape index (κ3) is 66.2.